The number of aliphatic hydroxyl groups excluding tert-OH is 2. The molecule has 0 aliphatic rings. The second-order valence-corrected chi connectivity index (χ2v) is 3.63. The van der Waals surface area contributed by atoms with E-state index in [0.717, 1.165) is 19.3 Å². The Hall–Kier alpha value is -0.610. The maximum Gasteiger partial charge on any atom is 0.219 e. The van der Waals surface area contributed by atoms with E-state index >= 15 is 0 Å². The number of hydrogen-bond acceptors (Lipinski definition) is 3. The summed E-state index contributed by atoms with van der Waals surface area (Å²) in [6.45, 7) is 2.09. The summed E-state index contributed by atoms with van der Waals surface area (Å²) in [6, 6.07) is 0. The van der Waals surface area contributed by atoms with Gasteiger partial charge in [0.1, 0.15) is 0 Å². The van der Waals surface area contributed by atoms with Gasteiger partial charge in [0.25, 0.3) is 0 Å². The summed E-state index contributed by atoms with van der Waals surface area (Å²) < 4.78 is 0. The molecule has 0 rings (SSSR count). The monoisotopic (exact) mass is 203 g/mol. The summed E-state index contributed by atoms with van der Waals surface area (Å²) in [5.41, 5.74) is 0. The van der Waals surface area contributed by atoms with Crippen molar-refractivity contribution in [2.45, 2.75) is 38.7 Å². The Labute approximate surface area is 85.5 Å². The maximum absolute atomic E-state index is 10.8. The van der Waals surface area contributed by atoms with Crippen molar-refractivity contribution in [3.05, 3.63) is 0 Å². The normalized spacial score (nSPS) is 12.6. The fraction of sp³-hybridized carbons (Fsp3) is 0.900. The Bertz CT molecular complexity index is 161. The minimum absolute atomic E-state index is 0.0283. The Kier molecular flexibility index (Phi) is 7.42. The summed E-state index contributed by atoms with van der Waals surface area (Å²) in [5, 5.41) is 18.0. The number of carbonyl (C=O) groups excluding carboxylic acids is 1. The van der Waals surface area contributed by atoms with Crippen LogP contribution in [0.4, 0.5) is 0 Å². The first kappa shape index (κ1) is 13.4. The van der Waals surface area contributed by atoms with Crippen LogP contribution in [0.5, 0.6) is 0 Å². The minimum Gasteiger partial charge on any atom is -0.396 e. The van der Waals surface area contributed by atoms with Crippen molar-refractivity contribution in [1.29, 1.82) is 0 Å². The van der Waals surface area contributed by atoms with E-state index in [-0.39, 0.29) is 12.5 Å². The van der Waals surface area contributed by atoms with Gasteiger partial charge in [0.05, 0.1) is 6.10 Å². The number of nitrogens with zero attached hydrogens (tertiary/aromatic N) is 1. The summed E-state index contributed by atoms with van der Waals surface area (Å²) in [6.07, 6.45) is 2.86. The first-order valence-corrected chi connectivity index (χ1v) is 5.08. The summed E-state index contributed by atoms with van der Waals surface area (Å²) in [5.74, 6) is -0.0283. The van der Waals surface area contributed by atoms with E-state index in [1.165, 1.54) is 11.8 Å². The van der Waals surface area contributed by atoms with E-state index in [4.69, 9.17) is 5.11 Å². The molecular weight excluding hydrogens is 182 g/mol. The smallest absolute Gasteiger partial charge is 0.219 e. The Morgan fingerprint density at radius 2 is 2.00 bits per heavy atom. The quantitative estimate of drug-likeness (QED) is 0.588. The SMILES string of the molecule is CC(=O)N(C)CC(O)CCCCCO. The van der Waals surface area contributed by atoms with Crippen LogP contribution in [0.15, 0.2) is 0 Å². The van der Waals surface area contributed by atoms with Gasteiger partial charge in [-0.3, -0.25) is 4.79 Å². The number of hydrogen-bond donors (Lipinski definition) is 2. The second-order valence-electron chi connectivity index (χ2n) is 3.63. The minimum atomic E-state index is -0.442. The van der Waals surface area contributed by atoms with Crippen LogP contribution in [-0.2, 0) is 4.79 Å². The van der Waals surface area contributed by atoms with Gasteiger partial charge in [-0.2, -0.15) is 0 Å². The average Bonchev–Trinajstić information content (AvgIpc) is 2.12. The molecule has 0 saturated carbocycles. The van der Waals surface area contributed by atoms with E-state index < -0.39 is 6.10 Å². The molecule has 0 aliphatic carbocycles. The van der Waals surface area contributed by atoms with Crippen molar-refractivity contribution in [3.8, 4) is 0 Å². The molecule has 0 radical (unpaired) electrons. The molecule has 0 aromatic carbocycles. The van der Waals surface area contributed by atoms with Gasteiger partial charge < -0.3 is 15.1 Å². The molecule has 0 saturated heterocycles. The molecule has 0 aliphatic heterocycles. The van der Waals surface area contributed by atoms with Crippen molar-refractivity contribution < 1.29 is 15.0 Å². The van der Waals surface area contributed by atoms with Gasteiger partial charge in [-0.05, 0) is 12.8 Å². The highest BCUT2D eigenvalue weighted by Crippen LogP contribution is 2.04. The molecule has 0 aromatic rings. The number of amides is 1. The lowest BCUT2D eigenvalue weighted by Gasteiger charge is -2.19. The lowest BCUT2D eigenvalue weighted by atomic mass is 10.1. The van der Waals surface area contributed by atoms with Gasteiger partial charge in [0, 0.05) is 27.1 Å². The van der Waals surface area contributed by atoms with E-state index in [2.05, 4.69) is 0 Å². The van der Waals surface area contributed by atoms with Gasteiger partial charge in [-0.15, -0.1) is 0 Å². The third-order valence-electron chi connectivity index (χ3n) is 2.22. The predicted octanol–water partition coefficient (Wildman–Crippen LogP) is 0.378. The molecule has 4 nitrogen and oxygen atoms in total. The molecule has 84 valence electrons. The van der Waals surface area contributed by atoms with Gasteiger partial charge in [-0.1, -0.05) is 12.8 Å². The molecular formula is C10H21NO3. The molecule has 0 aromatic heterocycles. The number of carbonyl (C=O) groups is 1. The first-order valence-electron chi connectivity index (χ1n) is 5.08. The third kappa shape index (κ3) is 6.86. The molecule has 1 atom stereocenters. The molecule has 0 bridgehead atoms. The standard InChI is InChI=1S/C10H21NO3/c1-9(13)11(2)8-10(14)6-4-3-5-7-12/h10,12,14H,3-8H2,1-2H3. The Morgan fingerprint density at radius 3 is 2.50 bits per heavy atom. The number of unbranched alkanes of at least 4 members (excludes halogenated alkanes) is 2. The van der Waals surface area contributed by atoms with E-state index in [1.54, 1.807) is 7.05 Å². The second kappa shape index (κ2) is 7.76. The van der Waals surface area contributed by atoms with Crippen molar-refractivity contribution in [2.75, 3.05) is 20.2 Å². The largest absolute Gasteiger partial charge is 0.396 e. The van der Waals surface area contributed by atoms with Crippen LogP contribution in [-0.4, -0.2) is 47.3 Å². The van der Waals surface area contributed by atoms with Crippen molar-refractivity contribution >= 4 is 5.91 Å². The van der Waals surface area contributed by atoms with E-state index in [1.807, 2.05) is 0 Å². The number of aliphatic hydroxyl groups is 2. The zero-order chi connectivity index (χ0) is 11.0. The molecule has 2 N–H and O–H groups in total. The lowest BCUT2D eigenvalue weighted by molar-refractivity contribution is -0.128. The van der Waals surface area contributed by atoms with Crippen molar-refractivity contribution in [3.63, 3.8) is 0 Å². The number of likely N-dealkylation sites (N-methyl/N-ethyl adjacent to an activating group) is 1. The van der Waals surface area contributed by atoms with E-state index in [0.29, 0.717) is 13.0 Å². The van der Waals surface area contributed by atoms with Gasteiger partial charge in [-0.25, -0.2) is 0 Å². The summed E-state index contributed by atoms with van der Waals surface area (Å²) >= 11 is 0. The highest BCUT2D eigenvalue weighted by Gasteiger charge is 2.09. The average molecular weight is 203 g/mol. The number of rotatable bonds is 7. The summed E-state index contributed by atoms with van der Waals surface area (Å²) in [4.78, 5) is 12.3. The molecule has 0 fully saturated rings. The predicted molar refractivity (Wildman–Crippen MR) is 54.9 cm³/mol. The molecule has 1 amide bonds. The molecule has 1 unspecified atom stereocenters. The van der Waals surface area contributed by atoms with Gasteiger partial charge in [0.15, 0.2) is 0 Å². The first-order chi connectivity index (χ1) is 6.57. The Balaban J connectivity index is 3.45. The van der Waals surface area contributed by atoms with Crippen LogP contribution in [0.1, 0.15) is 32.6 Å². The van der Waals surface area contributed by atoms with Gasteiger partial charge in [0.2, 0.25) is 5.91 Å². The lowest BCUT2D eigenvalue weighted by Crippen LogP contribution is -2.32. The van der Waals surface area contributed by atoms with Crippen molar-refractivity contribution in [1.82, 2.24) is 4.90 Å². The van der Waals surface area contributed by atoms with Crippen LogP contribution in [0.3, 0.4) is 0 Å². The highest BCUT2D eigenvalue weighted by molar-refractivity contribution is 5.72. The highest BCUT2D eigenvalue weighted by atomic mass is 16.3. The van der Waals surface area contributed by atoms with Crippen LogP contribution in [0, 0.1) is 0 Å². The Morgan fingerprint density at radius 1 is 1.36 bits per heavy atom. The molecule has 4 heteroatoms. The van der Waals surface area contributed by atoms with Crippen LogP contribution < -0.4 is 0 Å². The summed E-state index contributed by atoms with van der Waals surface area (Å²) in [7, 11) is 1.68. The van der Waals surface area contributed by atoms with E-state index in [9.17, 15) is 9.90 Å². The van der Waals surface area contributed by atoms with Gasteiger partial charge >= 0.3 is 0 Å². The van der Waals surface area contributed by atoms with Crippen LogP contribution >= 0.6 is 0 Å². The zero-order valence-corrected chi connectivity index (χ0v) is 9.07. The van der Waals surface area contributed by atoms with Crippen LogP contribution in [0.2, 0.25) is 0 Å². The maximum atomic E-state index is 10.8. The third-order valence-corrected chi connectivity index (χ3v) is 2.22. The topological polar surface area (TPSA) is 60.8 Å². The van der Waals surface area contributed by atoms with Crippen LogP contribution in [0.25, 0.3) is 0 Å². The fourth-order valence-corrected chi connectivity index (χ4v) is 1.20. The fourth-order valence-electron chi connectivity index (χ4n) is 1.20. The molecule has 0 spiro atoms. The zero-order valence-electron chi connectivity index (χ0n) is 9.07. The molecule has 14 heavy (non-hydrogen) atoms. The molecule has 0 heterocycles. The van der Waals surface area contributed by atoms with Crippen molar-refractivity contribution in [2.24, 2.45) is 0 Å².